The normalized spacial score (nSPS) is 13.8. The third-order valence-electron chi connectivity index (χ3n) is 3.78. The molecule has 2 unspecified atom stereocenters. The maximum atomic E-state index is 14.2. The fraction of sp³-hybridized carbons (Fsp3) is 0.600. The van der Waals surface area contributed by atoms with Crippen molar-refractivity contribution in [1.82, 2.24) is 0 Å². The largest absolute Gasteiger partial charge is 0.462 e. The fourth-order valence-electron chi connectivity index (χ4n) is 2.20. The maximum absolute atomic E-state index is 14.2. The van der Waals surface area contributed by atoms with Gasteiger partial charge in [0.25, 0.3) is 0 Å². The first kappa shape index (κ1) is 23.8. The Bertz CT molecular complexity index is 676. The molecule has 1 N–H and O–H groups in total. The summed E-state index contributed by atoms with van der Waals surface area (Å²) in [5.74, 6) is -1.21. The number of nitrogens with one attached hydrogen (secondary N) is 1. The van der Waals surface area contributed by atoms with Crippen molar-refractivity contribution in [3.8, 4) is 0 Å². The summed E-state index contributed by atoms with van der Waals surface area (Å²) >= 11 is 7.37. The molecule has 152 valence electrons. The average molecular weight is 418 g/mol. The quantitative estimate of drug-likeness (QED) is 0.412. The number of anilines is 1. The molecule has 0 aromatic heterocycles. The number of carbonyl (C=O) groups excluding carboxylic acids is 2. The van der Waals surface area contributed by atoms with E-state index in [1.807, 2.05) is 41.5 Å². The Morgan fingerprint density at radius 3 is 2.41 bits per heavy atom. The van der Waals surface area contributed by atoms with Crippen molar-refractivity contribution in [2.24, 2.45) is 5.41 Å². The summed E-state index contributed by atoms with van der Waals surface area (Å²) in [6.45, 7) is 11.4. The molecule has 0 heterocycles. The molecule has 4 nitrogen and oxygen atoms in total. The minimum atomic E-state index is -0.609. The number of esters is 1. The number of hydrogen-bond donors (Lipinski definition) is 1. The molecule has 0 saturated carbocycles. The zero-order valence-electron chi connectivity index (χ0n) is 16.8. The van der Waals surface area contributed by atoms with Gasteiger partial charge >= 0.3 is 5.97 Å². The van der Waals surface area contributed by atoms with Crippen LogP contribution < -0.4 is 5.32 Å². The Kier molecular flexibility index (Phi) is 9.09. The van der Waals surface area contributed by atoms with E-state index in [-0.39, 0.29) is 40.5 Å². The summed E-state index contributed by atoms with van der Waals surface area (Å²) in [5, 5.41) is 2.33. The Labute approximate surface area is 170 Å². The summed E-state index contributed by atoms with van der Waals surface area (Å²) in [4.78, 5) is 25.0. The van der Waals surface area contributed by atoms with Crippen LogP contribution in [0.5, 0.6) is 0 Å². The van der Waals surface area contributed by atoms with Gasteiger partial charge < -0.3 is 10.1 Å². The highest BCUT2D eigenvalue weighted by molar-refractivity contribution is 8.00. The summed E-state index contributed by atoms with van der Waals surface area (Å²) in [6.07, 6.45) is 1.37. The lowest BCUT2D eigenvalue weighted by molar-refractivity contribution is -0.147. The van der Waals surface area contributed by atoms with Gasteiger partial charge in [-0.1, -0.05) is 46.2 Å². The van der Waals surface area contributed by atoms with Crippen molar-refractivity contribution in [3.63, 3.8) is 0 Å². The van der Waals surface area contributed by atoms with Gasteiger partial charge in [-0.3, -0.25) is 9.59 Å². The molecule has 2 atom stereocenters. The van der Waals surface area contributed by atoms with Crippen LogP contribution in [0.15, 0.2) is 17.0 Å². The Balaban J connectivity index is 2.97. The summed E-state index contributed by atoms with van der Waals surface area (Å²) in [7, 11) is 0. The molecular formula is C20H29ClFNO3S. The molecule has 0 bridgehead atoms. The van der Waals surface area contributed by atoms with Gasteiger partial charge in [0.2, 0.25) is 5.91 Å². The summed E-state index contributed by atoms with van der Waals surface area (Å²) in [5.41, 5.74) is -0.154. The summed E-state index contributed by atoms with van der Waals surface area (Å²) in [6, 6.07) is 2.63. The van der Waals surface area contributed by atoms with E-state index in [9.17, 15) is 14.0 Å². The molecule has 7 heteroatoms. The lowest BCUT2D eigenvalue weighted by atomic mass is 9.92. The van der Waals surface area contributed by atoms with Crippen molar-refractivity contribution in [1.29, 1.82) is 0 Å². The highest BCUT2D eigenvalue weighted by Gasteiger charge is 2.24. The lowest BCUT2D eigenvalue weighted by Gasteiger charge is -2.19. The second kappa shape index (κ2) is 10.3. The predicted molar refractivity (Wildman–Crippen MR) is 110 cm³/mol. The zero-order chi connectivity index (χ0) is 20.8. The smallest absolute Gasteiger partial charge is 0.319 e. The molecule has 27 heavy (non-hydrogen) atoms. The lowest BCUT2D eigenvalue weighted by Crippen LogP contribution is -2.24. The highest BCUT2D eigenvalue weighted by atomic mass is 35.5. The number of thioether (sulfide) groups is 1. The van der Waals surface area contributed by atoms with Gasteiger partial charge in [0.05, 0.1) is 16.8 Å². The van der Waals surface area contributed by atoms with E-state index in [4.69, 9.17) is 16.3 Å². The SMILES string of the molecule is CCC(C)OC(=O)C(CC)Sc1cc(NC(=O)CC(C)(C)C)c(F)cc1Cl. The van der Waals surface area contributed by atoms with Crippen molar-refractivity contribution in [3.05, 3.63) is 23.0 Å². The molecule has 0 radical (unpaired) electrons. The van der Waals surface area contributed by atoms with Gasteiger partial charge in [-0.2, -0.15) is 0 Å². The van der Waals surface area contributed by atoms with Crippen LogP contribution in [0.3, 0.4) is 0 Å². The highest BCUT2D eigenvalue weighted by Crippen LogP contribution is 2.36. The summed E-state index contributed by atoms with van der Waals surface area (Å²) < 4.78 is 19.6. The molecule has 0 fully saturated rings. The van der Waals surface area contributed by atoms with Gasteiger partial charge in [-0.15, -0.1) is 11.8 Å². The number of halogens is 2. The molecule has 0 saturated heterocycles. The average Bonchev–Trinajstić information content (AvgIpc) is 2.54. The van der Waals surface area contributed by atoms with E-state index >= 15 is 0 Å². The number of amides is 1. The first-order valence-corrected chi connectivity index (χ1v) is 10.4. The van der Waals surface area contributed by atoms with Gasteiger partial charge in [0.1, 0.15) is 11.1 Å². The first-order chi connectivity index (χ1) is 12.5. The second-order valence-electron chi connectivity index (χ2n) is 7.72. The van der Waals surface area contributed by atoms with Crippen LogP contribution >= 0.6 is 23.4 Å². The number of ether oxygens (including phenoxy) is 1. The van der Waals surface area contributed by atoms with Gasteiger partial charge in [0, 0.05) is 11.3 Å². The number of hydrogen-bond acceptors (Lipinski definition) is 4. The van der Waals surface area contributed by atoms with E-state index in [0.29, 0.717) is 11.3 Å². The van der Waals surface area contributed by atoms with Crippen molar-refractivity contribution >= 4 is 40.9 Å². The monoisotopic (exact) mass is 417 g/mol. The maximum Gasteiger partial charge on any atom is 0.319 e. The molecule has 0 aliphatic heterocycles. The number of rotatable bonds is 8. The molecule has 1 amide bonds. The standard InChI is InChI=1S/C20H29ClFNO3S/c1-7-12(3)26-19(25)16(8-2)27-17-10-15(14(22)9-13(17)21)23-18(24)11-20(4,5)6/h9-10,12,16H,7-8,11H2,1-6H3,(H,23,24). The van der Waals surface area contributed by atoms with Crippen LogP contribution in [0.2, 0.25) is 5.02 Å². The molecule has 0 aliphatic carbocycles. The third kappa shape index (κ3) is 8.09. The van der Waals surface area contributed by atoms with Crippen LogP contribution in [0.4, 0.5) is 10.1 Å². The molecule has 1 rings (SSSR count). The van der Waals surface area contributed by atoms with E-state index in [0.717, 1.165) is 12.5 Å². The predicted octanol–water partition coefficient (Wildman–Crippen LogP) is 6.07. The molecule has 1 aromatic rings. The minimum Gasteiger partial charge on any atom is -0.462 e. The van der Waals surface area contributed by atoms with Crippen molar-refractivity contribution < 1.29 is 18.7 Å². The number of carbonyl (C=O) groups is 2. The fourth-order valence-corrected chi connectivity index (χ4v) is 3.47. The molecular weight excluding hydrogens is 389 g/mol. The second-order valence-corrected chi connectivity index (χ2v) is 9.37. The van der Waals surface area contributed by atoms with Gasteiger partial charge in [-0.05, 0) is 37.3 Å². The molecule has 1 aromatic carbocycles. The van der Waals surface area contributed by atoms with E-state index in [2.05, 4.69) is 5.32 Å². The van der Waals surface area contributed by atoms with Crippen LogP contribution in [0, 0.1) is 11.2 Å². The van der Waals surface area contributed by atoms with E-state index in [1.165, 1.54) is 17.8 Å². The van der Waals surface area contributed by atoms with Crippen molar-refractivity contribution in [2.45, 2.75) is 77.1 Å². The Morgan fingerprint density at radius 2 is 1.89 bits per heavy atom. The number of benzene rings is 1. The van der Waals surface area contributed by atoms with Crippen LogP contribution in [-0.2, 0) is 14.3 Å². The van der Waals surface area contributed by atoms with Crippen LogP contribution in [0.25, 0.3) is 0 Å². The minimum absolute atomic E-state index is 0.0568. The first-order valence-electron chi connectivity index (χ1n) is 9.12. The Hall–Kier alpha value is -1.27. The van der Waals surface area contributed by atoms with Crippen LogP contribution in [0.1, 0.15) is 60.8 Å². The van der Waals surface area contributed by atoms with E-state index in [1.54, 1.807) is 0 Å². The third-order valence-corrected chi connectivity index (χ3v) is 5.61. The molecule has 0 spiro atoms. The van der Waals surface area contributed by atoms with Crippen LogP contribution in [-0.4, -0.2) is 23.2 Å². The zero-order valence-corrected chi connectivity index (χ0v) is 18.4. The van der Waals surface area contributed by atoms with E-state index < -0.39 is 11.1 Å². The van der Waals surface area contributed by atoms with Crippen molar-refractivity contribution in [2.75, 3.05) is 5.32 Å². The van der Waals surface area contributed by atoms with Gasteiger partial charge in [-0.25, -0.2) is 4.39 Å². The van der Waals surface area contributed by atoms with Gasteiger partial charge in [0.15, 0.2) is 0 Å². The molecule has 0 aliphatic rings. The topological polar surface area (TPSA) is 55.4 Å². The Morgan fingerprint density at radius 1 is 1.26 bits per heavy atom.